The summed E-state index contributed by atoms with van der Waals surface area (Å²) in [5.41, 5.74) is 1.26. The van der Waals surface area contributed by atoms with Crippen LogP contribution in [-0.4, -0.2) is 99.6 Å². The van der Waals surface area contributed by atoms with Crippen LogP contribution in [0.5, 0.6) is 0 Å². The van der Waals surface area contributed by atoms with E-state index >= 15 is 0 Å². The third-order valence-corrected chi connectivity index (χ3v) is 8.33. The number of likely N-dealkylation sites (tertiary alicyclic amines) is 1. The van der Waals surface area contributed by atoms with Gasteiger partial charge in [0.15, 0.2) is 15.7 Å². The molecule has 0 spiro atoms. The number of carbonyl (C=O) groups excluding carboxylic acids is 2. The number of hydrogen-bond acceptors (Lipinski definition) is 9. The third kappa shape index (κ3) is 6.07. The Morgan fingerprint density at radius 1 is 1.18 bits per heavy atom. The second-order valence-electron chi connectivity index (χ2n) is 10.7. The van der Waals surface area contributed by atoms with Crippen molar-refractivity contribution in [2.24, 2.45) is 5.92 Å². The number of fused-ring (bicyclic) bond motifs is 1. The highest BCUT2D eigenvalue weighted by Crippen LogP contribution is 2.33. The number of hydrogen-bond donors (Lipinski definition) is 1. The normalized spacial score (nSPS) is 17.1. The molecule has 0 radical (unpaired) electrons. The van der Waals surface area contributed by atoms with Gasteiger partial charge in [0.05, 0.1) is 17.6 Å². The average molecular weight is 544 g/mol. The van der Waals surface area contributed by atoms with Crippen molar-refractivity contribution in [3.63, 3.8) is 0 Å². The zero-order valence-electron chi connectivity index (χ0n) is 22.9. The van der Waals surface area contributed by atoms with Gasteiger partial charge in [0, 0.05) is 44.2 Å². The highest BCUT2D eigenvalue weighted by Gasteiger charge is 2.30. The minimum atomic E-state index is -3.59. The van der Waals surface area contributed by atoms with Gasteiger partial charge in [0.1, 0.15) is 5.69 Å². The van der Waals surface area contributed by atoms with Gasteiger partial charge < -0.3 is 24.9 Å². The van der Waals surface area contributed by atoms with E-state index in [-0.39, 0.29) is 40.8 Å². The molecule has 1 aromatic heterocycles. The van der Waals surface area contributed by atoms with E-state index in [1.807, 2.05) is 18.7 Å². The minimum absolute atomic E-state index is 0.0330. The molecule has 2 aliphatic rings. The summed E-state index contributed by atoms with van der Waals surface area (Å²) in [7, 11) is 1.95. The summed E-state index contributed by atoms with van der Waals surface area (Å²) in [6.45, 7) is 6.78. The lowest BCUT2D eigenvalue weighted by Gasteiger charge is -2.36. The van der Waals surface area contributed by atoms with Gasteiger partial charge in [0.25, 0.3) is 5.91 Å². The van der Waals surface area contributed by atoms with E-state index < -0.39 is 9.84 Å². The molecule has 2 aromatic rings. The zero-order valence-corrected chi connectivity index (χ0v) is 23.7. The van der Waals surface area contributed by atoms with Crippen LogP contribution in [0.2, 0.25) is 0 Å². The predicted molar refractivity (Wildman–Crippen MR) is 148 cm³/mol. The largest absolute Gasteiger partial charge is 0.343 e. The number of carbonyl (C=O) groups is 2. The van der Waals surface area contributed by atoms with Crippen molar-refractivity contribution in [2.45, 2.75) is 37.6 Å². The van der Waals surface area contributed by atoms with E-state index in [1.54, 1.807) is 31.3 Å². The van der Waals surface area contributed by atoms with Crippen LogP contribution in [0.15, 0.2) is 29.3 Å². The number of piperidine rings is 1. The average Bonchev–Trinajstić information content (AvgIpc) is 2.86. The fourth-order valence-corrected chi connectivity index (χ4v) is 5.52. The van der Waals surface area contributed by atoms with Crippen LogP contribution >= 0.6 is 0 Å². The highest BCUT2D eigenvalue weighted by molar-refractivity contribution is 7.90. The molecular weight excluding hydrogens is 506 g/mol. The van der Waals surface area contributed by atoms with Crippen molar-refractivity contribution in [1.82, 2.24) is 19.8 Å². The number of nitrogens with zero attached hydrogens (tertiary/aromatic N) is 6. The molecule has 0 bridgehead atoms. The molecule has 4 rings (SSSR count). The van der Waals surface area contributed by atoms with Gasteiger partial charge in [-0.3, -0.25) is 9.59 Å². The summed E-state index contributed by atoms with van der Waals surface area (Å²) in [6.07, 6.45) is 4.73. The molecule has 206 valence electrons. The van der Waals surface area contributed by atoms with E-state index in [9.17, 15) is 18.0 Å². The monoisotopic (exact) mass is 543 g/mol. The molecule has 2 aliphatic heterocycles. The molecule has 0 aliphatic carbocycles. The lowest BCUT2D eigenvalue weighted by molar-refractivity contribution is -0.117. The SMILES string of the molecule is CC(C)N1CC(=O)N(C)c2cnc(Nc3cc(C(=O)N(C)CC4CCN(C)CC4)cc(S(C)(=O)=O)c3)nc21. The zero-order chi connectivity index (χ0) is 27.8. The fourth-order valence-electron chi connectivity index (χ4n) is 4.84. The van der Waals surface area contributed by atoms with Gasteiger partial charge in [-0.05, 0) is 70.9 Å². The Morgan fingerprint density at radius 3 is 2.50 bits per heavy atom. The van der Waals surface area contributed by atoms with Crippen molar-refractivity contribution >= 4 is 44.8 Å². The van der Waals surface area contributed by atoms with Crippen molar-refractivity contribution in [3.05, 3.63) is 30.0 Å². The molecule has 0 unspecified atom stereocenters. The van der Waals surface area contributed by atoms with Crippen LogP contribution in [0.3, 0.4) is 0 Å². The smallest absolute Gasteiger partial charge is 0.253 e. The Balaban J connectivity index is 1.62. The molecule has 1 fully saturated rings. The van der Waals surface area contributed by atoms with Gasteiger partial charge >= 0.3 is 0 Å². The van der Waals surface area contributed by atoms with Crippen molar-refractivity contribution in [2.75, 3.05) is 68.7 Å². The highest BCUT2D eigenvalue weighted by atomic mass is 32.2. The molecule has 1 N–H and O–H groups in total. The summed E-state index contributed by atoms with van der Waals surface area (Å²) in [6, 6.07) is 4.55. The quantitative estimate of drug-likeness (QED) is 0.561. The maximum absolute atomic E-state index is 13.4. The van der Waals surface area contributed by atoms with Gasteiger partial charge in [-0.15, -0.1) is 0 Å². The van der Waals surface area contributed by atoms with Crippen molar-refractivity contribution < 1.29 is 18.0 Å². The molecule has 1 saturated heterocycles. The van der Waals surface area contributed by atoms with Crippen LogP contribution in [-0.2, 0) is 14.6 Å². The first-order chi connectivity index (χ1) is 17.8. The van der Waals surface area contributed by atoms with Crippen molar-refractivity contribution in [1.29, 1.82) is 0 Å². The van der Waals surface area contributed by atoms with E-state index in [0.29, 0.717) is 29.7 Å². The molecule has 0 saturated carbocycles. The third-order valence-electron chi connectivity index (χ3n) is 7.24. The Labute approximate surface area is 224 Å². The summed E-state index contributed by atoms with van der Waals surface area (Å²) >= 11 is 0. The Hall–Kier alpha value is -3.25. The first kappa shape index (κ1) is 27.8. The molecule has 11 nitrogen and oxygen atoms in total. The van der Waals surface area contributed by atoms with E-state index in [1.165, 1.54) is 17.0 Å². The molecule has 0 atom stereocenters. The number of amides is 2. The first-order valence-electron chi connectivity index (χ1n) is 12.8. The number of anilines is 4. The van der Waals surface area contributed by atoms with Crippen LogP contribution in [0.25, 0.3) is 0 Å². The molecular formula is C26H37N7O4S. The van der Waals surface area contributed by atoms with Gasteiger partial charge in [0.2, 0.25) is 11.9 Å². The molecule has 12 heteroatoms. The Kier molecular flexibility index (Phi) is 7.93. The maximum atomic E-state index is 13.4. The number of benzene rings is 1. The summed E-state index contributed by atoms with van der Waals surface area (Å²) < 4.78 is 24.9. The van der Waals surface area contributed by atoms with Gasteiger partial charge in [-0.25, -0.2) is 13.4 Å². The summed E-state index contributed by atoms with van der Waals surface area (Å²) in [5, 5.41) is 3.08. The van der Waals surface area contributed by atoms with Crippen LogP contribution < -0.4 is 15.1 Å². The van der Waals surface area contributed by atoms with Crippen LogP contribution in [0, 0.1) is 5.92 Å². The standard InChI is InChI=1S/C26H37N7O4S/c1-17(2)33-16-23(34)32(5)22-14-27-26(29-24(22)33)28-20-11-19(12-21(13-20)38(6,36)37)25(35)31(4)15-18-7-9-30(3)10-8-18/h11-14,17-18H,7-10,15-16H2,1-6H3,(H,27,28,29). The lowest BCUT2D eigenvalue weighted by Crippen LogP contribution is -2.47. The Morgan fingerprint density at radius 2 is 1.87 bits per heavy atom. The summed E-state index contributed by atoms with van der Waals surface area (Å²) in [5.74, 6) is 0.960. The minimum Gasteiger partial charge on any atom is -0.343 e. The van der Waals surface area contributed by atoms with Crippen molar-refractivity contribution in [3.8, 4) is 0 Å². The van der Waals surface area contributed by atoms with E-state index in [2.05, 4.69) is 27.2 Å². The van der Waals surface area contributed by atoms with Crippen LogP contribution in [0.4, 0.5) is 23.1 Å². The first-order valence-corrected chi connectivity index (χ1v) is 14.7. The number of rotatable bonds is 7. The van der Waals surface area contributed by atoms with Gasteiger partial charge in [-0.1, -0.05) is 0 Å². The summed E-state index contributed by atoms with van der Waals surface area (Å²) in [4.78, 5) is 42.2. The Bertz CT molecular complexity index is 1320. The number of aromatic nitrogens is 2. The number of nitrogens with one attached hydrogen (secondary N) is 1. The van der Waals surface area contributed by atoms with Crippen LogP contribution in [0.1, 0.15) is 37.0 Å². The number of sulfone groups is 1. The number of likely N-dealkylation sites (N-methyl/N-ethyl adjacent to an activating group) is 1. The van der Waals surface area contributed by atoms with Gasteiger partial charge in [-0.2, -0.15) is 4.98 Å². The second kappa shape index (κ2) is 10.9. The molecule has 3 heterocycles. The van der Waals surface area contributed by atoms with E-state index in [4.69, 9.17) is 0 Å². The lowest BCUT2D eigenvalue weighted by atomic mass is 9.96. The fraction of sp³-hybridized carbons (Fsp3) is 0.538. The maximum Gasteiger partial charge on any atom is 0.253 e. The molecule has 2 amide bonds. The topological polar surface area (TPSA) is 119 Å². The predicted octanol–water partition coefficient (Wildman–Crippen LogP) is 2.23. The molecule has 1 aromatic carbocycles. The van der Waals surface area contributed by atoms with E-state index in [0.717, 1.165) is 32.2 Å². The second-order valence-corrected chi connectivity index (χ2v) is 12.7. The molecule has 38 heavy (non-hydrogen) atoms.